The third-order valence-electron chi connectivity index (χ3n) is 3.23. The number of amides is 1. The van der Waals surface area contributed by atoms with E-state index in [0.29, 0.717) is 19.0 Å². The van der Waals surface area contributed by atoms with E-state index in [1.54, 1.807) is 27.3 Å². The summed E-state index contributed by atoms with van der Waals surface area (Å²) < 4.78 is 5.37. The Hall–Kier alpha value is -1.77. The van der Waals surface area contributed by atoms with Crippen molar-refractivity contribution in [3.05, 3.63) is 42.5 Å². The zero-order chi connectivity index (χ0) is 17.2. The van der Waals surface area contributed by atoms with Gasteiger partial charge in [-0.1, -0.05) is 24.3 Å². The summed E-state index contributed by atoms with van der Waals surface area (Å²) in [5.74, 6) is 1.42. The summed E-state index contributed by atoms with van der Waals surface area (Å²) in [6.07, 6.45) is 1.75. The Labute approximate surface area is 161 Å². The van der Waals surface area contributed by atoms with E-state index in [-0.39, 0.29) is 36.4 Å². The first-order valence-corrected chi connectivity index (χ1v) is 7.42. The quantitative estimate of drug-likeness (QED) is 0.301. The number of hydrogen-bond donors (Lipinski definition) is 1. The van der Waals surface area contributed by atoms with E-state index >= 15 is 0 Å². The van der Waals surface area contributed by atoms with E-state index in [1.165, 1.54) is 4.90 Å². The van der Waals surface area contributed by atoms with Gasteiger partial charge in [0.2, 0.25) is 5.91 Å². The molecule has 134 valence electrons. The third-order valence-corrected chi connectivity index (χ3v) is 3.23. The SMILES string of the molecule is C=CCNC(=NCC(=O)N(C)C)N(C)Cc1ccccc1OC.I. The van der Waals surface area contributed by atoms with Crippen molar-refractivity contribution in [2.24, 2.45) is 4.99 Å². The zero-order valence-electron chi connectivity index (χ0n) is 14.8. The highest BCUT2D eigenvalue weighted by Crippen LogP contribution is 2.18. The van der Waals surface area contributed by atoms with Crippen LogP contribution in [-0.2, 0) is 11.3 Å². The maximum atomic E-state index is 11.7. The maximum absolute atomic E-state index is 11.7. The number of halogens is 1. The van der Waals surface area contributed by atoms with E-state index in [1.807, 2.05) is 36.2 Å². The van der Waals surface area contributed by atoms with Gasteiger partial charge in [-0.05, 0) is 6.07 Å². The molecule has 0 atom stereocenters. The first kappa shape index (κ1) is 22.2. The van der Waals surface area contributed by atoms with Gasteiger partial charge in [-0.2, -0.15) is 0 Å². The molecule has 0 aliphatic rings. The standard InChI is InChI=1S/C17H26N4O2.HI/c1-6-11-18-17(19-12-16(22)20(2)3)21(4)13-14-9-7-8-10-15(14)23-5;/h6-10H,1,11-13H2,2-5H3,(H,18,19);1H. The lowest BCUT2D eigenvalue weighted by molar-refractivity contribution is -0.127. The molecule has 0 spiro atoms. The number of rotatable bonds is 7. The molecule has 0 saturated heterocycles. The lowest BCUT2D eigenvalue weighted by atomic mass is 10.2. The van der Waals surface area contributed by atoms with E-state index in [4.69, 9.17) is 4.74 Å². The molecule has 1 rings (SSSR count). The number of nitrogens with zero attached hydrogens (tertiary/aromatic N) is 3. The van der Waals surface area contributed by atoms with Crippen LogP contribution in [0.25, 0.3) is 0 Å². The van der Waals surface area contributed by atoms with Gasteiger partial charge >= 0.3 is 0 Å². The molecule has 7 heteroatoms. The van der Waals surface area contributed by atoms with Gasteiger partial charge in [-0.15, -0.1) is 30.6 Å². The normalized spacial score (nSPS) is 10.4. The molecule has 0 unspecified atom stereocenters. The molecular weight excluding hydrogens is 419 g/mol. The molecule has 0 aromatic heterocycles. The van der Waals surface area contributed by atoms with Crippen LogP contribution < -0.4 is 10.1 Å². The second kappa shape index (κ2) is 11.7. The summed E-state index contributed by atoms with van der Waals surface area (Å²) in [4.78, 5) is 19.6. The Morgan fingerprint density at radius 3 is 2.58 bits per heavy atom. The average Bonchev–Trinajstić information content (AvgIpc) is 2.54. The van der Waals surface area contributed by atoms with E-state index in [2.05, 4.69) is 16.9 Å². The van der Waals surface area contributed by atoms with E-state index in [0.717, 1.165) is 11.3 Å². The number of hydrogen-bond acceptors (Lipinski definition) is 3. The molecular formula is C17H27IN4O2. The van der Waals surface area contributed by atoms with Crippen molar-refractivity contribution in [1.29, 1.82) is 0 Å². The van der Waals surface area contributed by atoms with Crippen LogP contribution in [0, 0.1) is 0 Å². The van der Waals surface area contributed by atoms with Crippen LogP contribution in [-0.4, -0.2) is 63.0 Å². The van der Waals surface area contributed by atoms with Crippen LogP contribution in [0.4, 0.5) is 0 Å². The smallest absolute Gasteiger partial charge is 0.243 e. The maximum Gasteiger partial charge on any atom is 0.243 e. The minimum atomic E-state index is -0.0476. The highest BCUT2D eigenvalue weighted by molar-refractivity contribution is 14.0. The predicted octanol–water partition coefficient (Wildman–Crippen LogP) is 1.96. The summed E-state index contributed by atoms with van der Waals surface area (Å²) in [7, 11) is 7.00. The second-order valence-electron chi connectivity index (χ2n) is 5.27. The first-order valence-electron chi connectivity index (χ1n) is 7.42. The average molecular weight is 446 g/mol. The number of guanidine groups is 1. The number of aliphatic imine (C=N–C) groups is 1. The van der Waals surface area contributed by atoms with Gasteiger partial charge < -0.3 is 19.9 Å². The summed E-state index contributed by atoms with van der Waals surface area (Å²) in [6.45, 7) is 4.98. The minimum Gasteiger partial charge on any atom is -0.496 e. The van der Waals surface area contributed by atoms with Crippen molar-refractivity contribution in [2.45, 2.75) is 6.54 Å². The molecule has 0 radical (unpaired) electrons. The van der Waals surface area contributed by atoms with Crippen molar-refractivity contribution in [2.75, 3.05) is 41.3 Å². The molecule has 1 aromatic carbocycles. The Kier molecular flexibility index (Phi) is 10.9. The Balaban J connectivity index is 0.00000529. The number of para-hydroxylation sites is 1. The summed E-state index contributed by atoms with van der Waals surface area (Å²) >= 11 is 0. The highest BCUT2D eigenvalue weighted by atomic mass is 127. The van der Waals surface area contributed by atoms with E-state index in [9.17, 15) is 4.79 Å². The van der Waals surface area contributed by atoms with Gasteiger partial charge in [0.05, 0.1) is 7.11 Å². The Morgan fingerprint density at radius 1 is 1.33 bits per heavy atom. The van der Waals surface area contributed by atoms with Crippen LogP contribution in [0.2, 0.25) is 0 Å². The monoisotopic (exact) mass is 446 g/mol. The van der Waals surface area contributed by atoms with Gasteiger partial charge in [0, 0.05) is 39.8 Å². The van der Waals surface area contributed by atoms with Gasteiger partial charge in [0.15, 0.2) is 5.96 Å². The largest absolute Gasteiger partial charge is 0.496 e. The van der Waals surface area contributed by atoms with Crippen molar-refractivity contribution in [3.63, 3.8) is 0 Å². The number of nitrogens with one attached hydrogen (secondary N) is 1. The summed E-state index contributed by atoms with van der Waals surface area (Å²) in [5, 5.41) is 3.17. The number of likely N-dealkylation sites (N-methyl/N-ethyl adjacent to an activating group) is 1. The topological polar surface area (TPSA) is 57.2 Å². The van der Waals surface area contributed by atoms with Crippen LogP contribution in [0.5, 0.6) is 5.75 Å². The summed E-state index contributed by atoms with van der Waals surface area (Å²) in [6, 6.07) is 7.83. The van der Waals surface area contributed by atoms with E-state index < -0.39 is 0 Å². The van der Waals surface area contributed by atoms with Crippen LogP contribution in [0.15, 0.2) is 41.9 Å². The fraction of sp³-hybridized carbons (Fsp3) is 0.412. The molecule has 24 heavy (non-hydrogen) atoms. The molecule has 1 N–H and O–H groups in total. The zero-order valence-corrected chi connectivity index (χ0v) is 17.1. The first-order chi connectivity index (χ1) is 11.0. The molecule has 0 fully saturated rings. The van der Waals surface area contributed by atoms with Crippen LogP contribution in [0.3, 0.4) is 0 Å². The van der Waals surface area contributed by atoms with Crippen LogP contribution >= 0.6 is 24.0 Å². The molecule has 6 nitrogen and oxygen atoms in total. The van der Waals surface area contributed by atoms with Gasteiger partial charge in [-0.3, -0.25) is 4.79 Å². The fourth-order valence-electron chi connectivity index (χ4n) is 1.92. The fourth-order valence-corrected chi connectivity index (χ4v) is 1.92. The lowest BCUT2D eigenvalue weighted by Gasteiger charge is -2.23. The van der Waals surface area contributed by atoms with Crippen molar-refractivity contribution >= 4 is 35.8 Å². The number of carbonyl (C=O) groups is 1. The molecule has 0 aliphatic heterocycles. The molecule has 1 amide bonds. The highest BCUT2D eigenvalue weighted by Gasteiger charge is 2.11. The number of ether oxygens (including phenoxy) is 1. The molecule has 0 aliphatic carbocycles. The molecule has 1 aromatic rings. The van der Waals surface area contributed by atoms with Crippen molar-refractivity contribution in [1.82, 2.24) is 15.1 Å². The number of carbonyl (C=O) groups excluding carboxylic acids is 1. The van der Waals surface area contributed by atoms with Gasteiger partial charge in [0.1, 0.15) is 12.3 Å². The number of benzene rings is 1. The predicted molar refractivity (Wildman–Crippen MR) is 109 cm³/mol. The Morgan fingerprint density at radius 2 is 2.00 bits per heavy atom. The van der Waals surface area contributed by atoms with Crippen molar-refractivity contribution in [3.8, 4) is 5.75 Å². The van der Waals surface area contributed by atoms with Gasteiger partial charge in [0.25, 0.3) is 0 Å². The third kappa shape index (κ3) is 7.20. The minimum absolute atomic E-state index is 0. The lowest BCUT2D eigenvalue weighted by Crippen LogP contribution is -2.39. The second-order valence-corrected chi connectivity index (χ2v) is 5.27. The van der Waals surface area contributed by atoms with Crippen LogP contribution in [0.1, 0.15) is 5.56 Å². The van der Waals surface area contributed by atoms with Crippen molar-refractivity contribution < 1.29 is 9.53 Å². The molecule has 0 heterocycles. The molecule has 0 bridgehead atoms. The van der Waals surface area contributed by atoms with Gasteiger partial charge in [-0.25, -0.2) is 4.99 Å². The summed E-state index contributed by atoms with van der Waals surface area (Å²) in [5.41, 5.74) is 1.05. The number of methoxy groups -OCH3 is 1. The Bertz CT molecular complexity index is 561. The molecule has 0 saturated carbocycles.